The van der Waals surface area contributed by atoms with E-state index in [9.17, 15) is 9.59 Å². The van der Waals surface area contributed by atoms with Crippen molar-refractivity contribution >= 4 is 11.9 Å². The molecule has 2 rings (SSSR count). The van der Waals surface area contributed by atoms with Crippen molar-refractivity contribution in [2.24, 2.45) is 11.8 Å². The minimum atomic E-state index is -0.474. The van der Waals surface area contributed by atoms with E-state index in [0.717, 1.165) is 12.2 Å². The molecule has 0 heterocycles. The Balaban J connectivity index is 1.82. The molecule has 162 valence electrons. The third kappa shape index (κ3) is 7.43. The molecule has 0 saturated heterocycles. The van der Waals surface area contributed by atoms with E-state index in [-0.39, 0.29) is 18.7 Å². The Kier molecular flexibility index (Phi) is 9.19. The summed E-state index contributed by atoms with van der Waals surface area (Å²) < 4.78 is 21.5. The largest absolute Gasteiger partial charge is 0.493 e. The minimum Gasteiger partial charge on any atom is -0.493 e. The highest BCUT2D eigenvalue weighted by Crippen LogP contribution is 2.20. The topological polar surface area (TPSA) is 71.1 Å². The van der Waals surface area contributed by atoms with Crippen molar-refractivity contribution in [1.29, 1.82) is 0 Å². The Hall–Kier alpha value is -3.02. The van der Waals surface area contributed by atoms with E-state index >= 15 is 0 Å². The summed E-state index contributed by atoms with van der Waals surface area (Å²) in [6.07, 6.45) is 1.77. The van der Waals surface area contributed by atoms with Gasteiger partial charge in [0.05, 0.1) is 18.1 Å². The monoisotopic (exact) mass is 414 g/mol. The molecule has 0 aliphatic carbocycles. The highest BCUT2D eigenvalue weighted by Gasteiger charge is 2.12. The van der Waals surface area contributed by atoms with Crippen LogP contribution >= 0.6 is 0 Å². The molecule has 0 spiro atoms. The molecule has 0 fully saturated rings. The number of esters is 2. The Morgan fingerprint density at radius 2 is 1.37 bits per heavy atom. The number of carbonyl (C=O) groups excluding carboxylic acids is 2. The first-order valence-electron chi connectivity index (χ1n) is 10.3. The van der Waals surface area contributed by atoms with Gasteiger partial charge in [-0.3, -0.25) is 4.79 Å². The summed E-state index contributed by atoms with van der Waals surface area (Å²) >= 11 is 0. The van der Waals surface area contributed by atoms with Gasteiger partial charge in [0, 0.05) is 0 Å². The standard InChI is InChI=1S/C24H30O6/c1-5-17(3)15-27-20-11-13-22(14-12-20)30-24(26)19-7-9-21(10-8-19)28-16-29-23(25)18(4)6-2/h7-14,17-18H,5-6,15-16H2,1-4H3. The van der Waals surface area contributed by atoms with Gasteiger partial charge in [-0.2, -0.15) is 0 Å². The Bertz CT molecular complexity index is 797. The van der Waals surface area contributed by atoms with Crippen molar-refractivity contribution in [2.45, 2.75) is 40.5 Å². The second kappa shape index (κ2) is 11.9. The number of carbonyl (C=O) groups is 2. The molecule has 0 aliphatic heterocycles. The summed E-state index contributed by atoms with van der Waals surface area (Å²) in [6.45, 7) is 8.46. The van der Waals surface area contributed by atoms with Crippen molar-refractivity contribution in [1.82, 2.24) is 0 Å². The van der Waals surface area contributed by atoms with Crippen LogP contribution in [0, 0.1) is 11.8 Å². The lowest BCUT2D eigenvalue weighted by atomic mass is 10.1. The maximum absolute atomic E-state index is 12.3. The number of benzene rings is 2. The smallest absolute Gasteiger partial charge is 0.343 e. The fraction of sp³-hybridized carbons (Fsp3) is 0.417. The van der Waals surface area contributed by atoms with Crippen LogP contribution in [0.3, 0.4) is 0 Å². The van der Waals surface area contributed by atoms with Crippen LogP contribution in [-0.4, -0.2) is 25.3 Å². The fourth-order valence-corrected chi connectivity index (χ4v) is 2.28. The van der Waals surface area contributed by atoms with E-state index in [1.165, 1.54) is 0 Å². The third-order valence-electron chi connectivity index (χ3n) is 4.80. The molecule has 0 saturated carbocycles. The molecule has 2 aromatic rings. The van der Waals surface area contributed by atoms with E-state index in [0.29, 0.717) is 36.0 Å². The van der Waals surface area contributed by atoms with Gasteiger partial charge < -0.3 is 18.9 Å². The summed E-state index contributed by atoms with van der Waals surface area (Å²) in [4.78, 5) is 23.9. The van der Waals surface area contributed by atoms with Crippen molar-refractivity contribution in [3.63, 3.8) is 0 Å². The van der Waals surface area contributed by atoms with Gasteiger partial charge >= 0.3 is 11.9 Å². The number of ether oxygens (including phenoxy) is 4. The Morgan fingerprint density at radius 3 is 1.97 bits per heavy atom. The highest BCUT2D eigenvalue weighted by atomic mass is 16.7. The number of rotatable bonds is 11. The van der Waals surface area contributed by atoms with Crippen LogP contribution < -0.4 is 14.2 Å². The van der Waals surface area contributed by atoms with E-state index in [2.05, 4.69) is 13.8 Å². The minimum absolute atomic E-state index is 0.161. The third-order valence-corrected chi connectivity index (χ3v) is 4.80. The van der Waals surface area contributed by atoms with Crippen LogP contribution in [0.1, 0.15) is 50.9 Å². The maximum Gasteiger partial charge on any atom is 0.343 e. The molecule has 0 radical (unpaired) electrons. The van der Waals surface area contributed by atoms with Gasteiger partial charge in [0.2, 0.25) is 6.79 Å². The maximum atomic E-state index is 12.3. The molecular formula is C24H30O6. The molecule has 0 aliphatic rings. The predicted octanol–water partition coefficient (Wildman–Crippen LogP) is 5.26. The molecular weight excluding hydrogens is 384 g/mol. The van der Waals surface area contributed by atoms with E-state index in [1.54, 1.807) is 55.5 Å². The molecule has 2 atom stereocenters. The van der Waals surface area contributed by atoms with Crippen LogP contribution in [0.15, 0.2) is 48.5 Å². The van der Waals surface area contributed by atoms with Crippen molar-refractivity contribution in [2.75, 3.05) is 13.4 Å². The number of hydrogen-bond acceptors (Lipinski definition) is 6. The first-order valence-corrected chi connectivity index (χ1v) is 10.3. The van der Waals surface area contributed by atoms with E-state index in [4.69, 9.17) is 18.9 Å². The molecule has 0 bridgehead atoms. The quantitative estimate of drug-likeness (QED) is 0.284. The normalized spacial score (nSPS) is 12.5. The van der Waals surface area contributed by atoms with E-state index < -0.39 is 5.97 Å². The van der Waals surface area contributed by atoms with Crippen molar-refractivity contribution in [3.05, 3.63) is 54.1 Å². The highest BCUT2D eigenvalue weighted by molar-refractivity contribution is 5.91. The van der Waals surface area contributed by atoms with Crippen molar-refractivity contribution in [3.8, 4) is 17.2 Å². The molecule has 6 nitrogen and oxygen atoms in total. The molecule has 30 heavy (non-hydrogen) atoms. The van der Waals surface area contributed by atoms with Gasteiger partial charge in [0.1, 0.15) is 17.2 Å². The molecule has 2 aromatic carbocycles. The van der Waals surface area contributed by atoms with Gasteiger partial charge in [-0.15, -0.1) is 0 Å². The summed E-state index contributed by atoms with van der Waals surface area (Å²) in [6, 6.07) is 13.4. The average molecular weight is 414 g/mol. The molecule has 0 N–H and O–H groups in total. The summed E-state index contributed by atoms with van der Waals surface area (Å²) in [5.74, 6) is 1.23. The lowest BCUT2D eigenvalue weighted by molar-refractivity contribution is -0.154. The van der Waals surface area contributed by atoms with E-state index in [1.807, 2.05) is 6.92 Å². The Morgan fingerprint density at radius 1 is 0.800 bits per heavy atom. The SMILES string of the molecule is CCC(C)COc1ccc(OC(=O)c2ccc(OCOC(=O)C(C)CC)cc2)cc1. The second-order valence-electron chi connectivity index (χ2n) is 7.24. The molecule has 2 unspecified atom stereocenters. The Labute approximate surface area is 178 Å². The number of hydrogen-bond donors (Lipinski definition) is 0. The summed E-state index contributed by atoms with van der Waals surface area (Å²) in [5.41, 5.74) is 0.385. The molecule has 0 amide bonds. The first kappa shape index (κ1) is 23.3. The average Bonchev–Trinajstić information content (AvgIpc) is 2.78. The van der Waals surface area contributed by atoms with Gasteiger partial charge in [0.15, 0.2) is 0 Å². The van der Waals surface area contributed by atoms with Crippen LogP contribution in [0.25, 0.3) is 0 Å². The zero-order valence-corrected chi connectivity index (χ0v) is 18.1. The zero-order chi connectivity index (χ0) is 21.9. The van der Waals surface area contributed by atoms with Gasteiger partial charge in [-0.05, 0) is 60.9 Å². The summed E-state index contributed by atoms with van der Waals surface area (Å²) in [7, 11) is 0. The van der Waals surface area contributed by atoms with Gasteiger partial charge in [-0.25, -0.2) is 4.79 Å². The molecule has 0 aromatic heterocycles. The predicted molar refractivity (Wildman–Crippen MR) is 114 cm³/mol. The molecule has 6 heteroatoms. The van der Waals surface area contributed by atoms with Crippen LogP contribution in [0.4, 0.5) is 0 Å². The lowest BCUT2D eigenvalue weighted by Gasteiger charge is -2.11. The van der Waals surface area contributed by atoms with Gasteiger partial charge in [-0.1, -0.05) is 34.1 Å². The van der Waals surface area contributed by atoms with Gasteiger partial charge in [0.25, 0.3) is 0 Å². The second-order valence-corrected chi connectivity index (χ2v) is 7.24. The first-order chi connectivity index (χ1) is 14.4. The van der Waals surface area contributed by atoms with Crippen LogP contribution in [0.5, 0.6) is 17.2 Å². The van der Waals surface area contributed by atoms with Crippen LogP contribution in [0.2, 0.25) is 0 Å². The zero-order valence-electron chi connectivity index (χ0n) is 18.1. The van der Waals surface area contributed by atoms with Crippen LogP contribution in [-0.2, 0) is 9.53 Å². The lowest BCUT2D eigenvalue weighted by Crippen LogP contribution is -2.17. The summed E-state index contributed by atoms with van der Waals surface area (Å²) in [5, 5.41) is 0. The fourth-order valence-electron chi connectivity index (χ4n) is 2.28. The van der Waals surface area contributed by atoms with Crippen molar-refractivity contribution < 1.29 is 28.5 Å².